The minimum atomic E-state index is -0.646. The number of aromatic nitrogens is 1. The number of Topliss-reactive ketones (excluding diaryl/α,β-unsaturated/α-hetero) is 1. The Morgan fingerprint density at radius 1 is 1.04 bits per heavy atom. The van der Waals surface area contributed by atoms with Crippen LogP contribution in [-0.4, -0.2) is 10.8 Å². The third-order valence-electron chi connectivity index (χ3n) is 4.15. The van der Waals surface area contributed by atoms with Gasteiger partial charge < -0.3 is 0 Å². The smallest absolute Gasteiger partial charge is 0.163 e. The van der Waals surface area contributed by atoms with E-state index >= 15 is 0 Å². The number of carbonyl (C=O) groups excluding carboxylic acids is 1. The second-order valence-corrected chi connectivity index (χ2v) is 5.94. The zero-order chi connectivity index (χ0) is 17.8. The normalized spacial score (nSPS) is 12.0. The highest BCUT2D eigenvalue weighted by Crippen LogP contribution is 2.31. The number of pyridine rings is 1. The lowest BCUT2D eigenvalue weighted by molar-refractivity contribution is 0.0977. The molecule has 0 bridgehead atoms. The van der Waals surface area contributed by atoms with E-state index in [2.05, 4.69) is 4.98 Å². The molecule has 25 heavy (non-hydrogen) atoms. The molecule has 0 amide bonds. The van der Waals surface area contributed by atoms with Crippen LogP contribution in [0.3, 0.4) is 0 Å². The number of carbonyl (C=O) groups is 1. The highest BCUT2D eigenvalue weighted by Gasteiger charge is 2.22. The van der Waals surface area contributed by atoms with Crippen LogP contribution in [0, 0.1) is 18.6 Å². The first-order valence-electron chi connectivity index (χ1n) is 8.00. The largest absolute Gasteiger partial charge is 0.294 e. The molecule has 0 fully saturated rings. The van der Waals surface area contributed by atoms with Crippen LogP contribution < -0.4 is 0 Å². The summed E-state index contributed by atoms with van der Waals surface area (Å²) >= 11 is 0. The highest BCUT2D eigenvalue weighted by molar-refractivity contribution is 5.96. The Morgan fingerprint density at radius 2 is 1.80 bits per heavy atom. The molecule has 4 heteroatoms. The summed E-state index contributed by atoms with van der Waals surface area (Å²) in [6, 6.07) is 16.1. The maximum absolute atomic E-state index is 14.3. The third kappa shape index (κ3) is 3.97. The van der Waals surface area contributed by atoms with Crippen molar-refractivity contribution in [3.8, 4) is 0 Å². The van der Waals surface area contributed by atoms with Crippen molar-refractivity contribution >= 4 is 5.78 Å². The van der Waals surface area contributed by atoms with Crippen molar-refractivity contribution in [1.82, 2.24) is 4.98 Å². The third-order valence-corrected chi connectivity index (χ3v) is 4.15. The van der Waals surface area contributed by atoms with Crippen LogP contribution >= 0.6 is 0 Å². The summed E-state index contributed by atoms with van der Waals surface area (Å²) in [7, 11) is 0. The van der Waals surface area contributed by atoms with E-state index in [1.165, 1.54) is 12.1 Å². The molecule has 0 radical (unpaired) electrons. The molecule has 0 aliphatic heterocycles. The van der Waals surface area contributed by atoms with Crippen LogP contribution in [0.25, 0.3) is 0 Å². The number of hydrogen-bond acceptors (Lipinski definition) is 2. The fourth-order valence-corrected chi connectivity index (χ4v) is 2.90. The van der Waals surface area contributed by atoms with E-state index in [0.717, 1.165) is 17.3 Å². The SMILES string of the molecule is Cc1cc(C(=O)CC(c2ccccc2)c2ccc(F)cc2F)ccn1. The maximum Gasteiger partial charge on any atom is 0.163 e. The van der Waals surface area contributed by atoms with E-state index in [4.69, 9.17) is 0 Å². The van der Waals surface area contributed by atoms with Gasteiger partial charge in [-0.05, 0) is 36.2 Å². The molecular formula is C21H17F2NO. The van der Waals surface area contributed by atoms with Crippen LogP contribution in [0.5, 0.6) is 0 Å². The van der Waals surface area contributed by atoms with Crippen molar-refractivity contribution < 1.29 is 13.6 Å². The molecule has 3 aromatic rings. The van der Waals surface area contributed by atoms with Crippen LogP contribution in [0.4, 0.5) is 8.78 Å². The number of ketones is 1. The average Bonchev–Trinajstić information content (AvgIpc) is 2.61. The summed E-state index contributed by atoms with van der Waals surface area (Å²) in [5, 5.41) is 0. The Hall–Kier alpha value is -2.88. The molecule has 0 aliphatic carbocycles. The Morgan fingerprint density at radius 3 is 2.48 bits per heavy atom. The highest BCUT2D eigenvalue weighted by atomic mass is 19.1. The number of rotatable bonds is 5. The van der Waals surface area contributed by atoms with Crippen molar-refractivity contribution in [1.29, 1.82) is 0 Å². The van der Waals surface area contributed by atoms with Crippen molar-refractivity contribution in [2.24, 2.45) is 0 Å². The topological polar surface area (TPSA) is 30.0 Å². The molecule has 0 saturated heterocycles. The molecule has 3 rings (SSSR count). The van der Waals surface area contributed by atoms with Gasteiger partial charge in [0.25, 0.3) is 0 Å². The van der Waals surface area contributed by atoms with Crippen molar-refractivity contribution in [2.45, 2.75) is 19.3 Å². The summed E-state index contributed by atoms with van der Waals surface area (Å²) in [5.41, 5.74) is 2.41. The summed E-state index contributed by atoms with van der Waals surface area (Å²) in [5.74, 6) is -1.87. The number of aryl methyl sites for hydroxylation is 1. The van der Waals surface area contributed by atoms with Gasteiger partial charge >= 0.3 is 0 Å². The van der Waals surface area contributed by atoms with Gasteiger partial charge in [-0.1, -0.05) is 36.4 Å². The summed E-state index contributed by atoms with van der Waals surface area (Å²) in [6.07, 6.45) is 1.68. The lowest BCUT2D eigenvalue weighted by atomic mass is 9.85. The van der Waals surface area contributed by atoms with E-state index in [1.807, 2.05) is 37.3 Å². The standard InChI is InChI=1S/C21H17F2NO/c1-14-11-16(9-10-24-14)21(25)13-19(15-5-3-2-4-6-15)18-8-7-17(22)12-20(18)23/h2-12,19H,13H2,1H3. The van der Waals surface area contributed by atoms with E-state index < -0.39 is 17.6 Å². The molecule has 2 nitrogen and oxygen atoms in total. The molecule has 2 aromatic carbocycles. The maximum atomic E-state index is 14.3. The van der Waals surface area contributed by atoms with E-state index in [1.54, 1.807) is 18.3 Å². The van der Waals surface area contributed by atoms with Crippen LogP contribution in [-0.2, 0) is 0 Å². The molecule has 0 spiro atoms. The summed E-state index contributed by atoms with van der Waals surface area (Å²) in [4.78, 5) is 16.8. The minimum Gasteiger partial charge on any atom is -0.294 e. The zero-order valence-corrected chi connectivity index (χ0v) is 13.7. The van der Waals surface area contributed by atoms with Crippen molar-refractivity contribution in [2.75, 3.05) is 0 Å². The molecule has 126 valence electrons. The lowest BCUT2D eigenvalue weighted by Gasteiger charge is -2.18. The van der Waals surface area contributed by atoms with E-state index in [-0.39, 0.29) is 12.2 Å². The Kier molecular flexibility index (Phi) is 4.98. The molecule has 0 aliphatic rings. The molecule has 1 atom stereocenters. The van der Waals surface area contributed by atoms with Gasteiger partial charge in [-0.2, -0.15) is 0 Å². The van der Waals surface area contributed by atoms with Gasteiger partial charge in [0, 0.05) is 35.9 Å². The number of hydrogen-bond donors (Lipinski definition) is 0. The summed E-state index contributed by atoms with van der Waals surface area (Å²) < 4.78 is 27.6. The predicted octanol–water partition coefficient (Wildman–Crippen LogP) is 5.07. The fraction of sp³-hybridized carbons (Fsp3) is 0.143. The number of benzene rings is 2. The van der Waals surface area contributed by atoms with Crippen LogP contribution in [0.2, 0.25) is 0 Å². The Bertz CT molecular complexity index is 893. The van der Waals surface area contributed by atoms with E-state index in [9.17, 15) is 13.6 Å². The molecular weight excluding hydrogens is 320 g/mol. The lowest BCUT2D eigenvalue weighted by Crippen LogP contribution is -2.11. The molecule has 0 N–H and O–H groups in total. The second-order valence-electron chi connectivity index (χ2n) is 5.94. The van der Waals surface area contributed by atoms with Crippen molar-refractivity contribution in [3.63, 3.8) is 0 Å². The first-order valence-corrected chi connectivity index (χ1v) is 8.00. The first-order chi connectivity index (χ1) is 12.0. The molecule has 1 heterocycles. The fourth-order valence-electron chi connectivity index (χ4n) is 2.90. The average molecular weight is 337 g/mol. The van der Waals surface area contributed by atoms with Crippen molar-refractivity contribution in [3.05, 3.63) is 101 Å². The molecule has 0 saturated carbocycles. The van der Waals surface area contributed by atoms with Crippen LogP contribution in [0.15, 0.2) is 66.9 Å². The van der Waals surface area contributed by atoms with Gasteiger partial charge in [-0.3, -0.25) is 9.78 Å². The number of halogens is 2. The summed E-state index contributed by atoms with van der Waals surface area (Å²) in [6.45, 7) is 1.81. The number of nitrogens with zero attached hydrogens (tertiary/aromatic N) is 1. The Balaban J connectivity index is 1.98. The van der Waals surface area contributed by atoms with Gasteiger partial charge in [0.1, 0.15) is 11.6 Å². The van der Waals surface area contributed by atoms with Gasteiger partial charge in [-0.15, -0.1) is 0 Å². The van der Waals surface area contributed by atoms with Crippen LogP contribution in [0.1, 0.15) is 39.5 Å². The molecule has 1 aromatic heterocycles. The van der Waals surface area contributed by atoms with Gasteiger partial charge in [0.05, 0.1) is 0 Å². The predicted molar refractivity (Wildman–Crippen MR) is 92.6 cm³/mol. The zero-order valence-electron chi connectivity index (χ0n) is 13.7. The Labute approximate surface area is 145 Å². The minimum absolute atomic E-state index is 0.0933. The molecule has 1 unspecified atom stereocenters. The first kappa shape index (κ1) is 17.0. The van der Waals surface area contributed by atoms with Gasteiger partial charge in [0.15, 0.2) is 5.78 Å². The van der Waals surface area contributed by atoms with Gasteiger partial charge in [-0.25, -0.2) is 8.78 Å². The monoisotopic (exact) mass is 337 g/mol. The van der Waals surface area contributed by atoms with Gasteiger partial charge in [0.2, 0.25) is 0 Å². The quantitative estimate of drug-likeness (QED) is 0.608. The second kappa shape index (κ2) is 7.34. The van der Waals surface area contributed by atoms with E-state index in [0.29, 0.717) is 11.1 Å².